The van der Waals surface area contributed by atoms with Crippen LogP contribution in [0.25, 0.3) is 0 Å². The molecule has 3 nitrogen and oxygen atoms in total. The summed E-state index contributed by atoms with van der Waals surface area (Å²) in [6.07, 6.45) is 1.44. The predicted molar refractivity (Wildman–Crippen MR) is 90.1 cm³/mol. The monoisotopic (exact) mass is 305 g/mol. The number of anilines is 1. The maximum atomic E-state index is 11.9. The standard InChI is InChI=1S/C17H27NO2Si/c1-17(2,3)21(4,5)20-16-12-11-15(19)13-18(16)14-9-7-6-8-10-14/h6-10,16H,11-13H2,1-5H3. The van der Waals surface area contributed by atoms with Gasteiger partial charge in [-0.15, -0.1) is 0 Å². The van der Waals surface area contributed by atoms with Crippen molar-refractivity contribution in [2.75, 3.05) is 11.4 Å². The van der Waals surface area contributed by atoms with Gasteiger partial charge in [-0.3, -0.25) is 4.79 Å². The summed E-state index contributed by atoms with van der Waals surface area (Å²) < 4.78 is 6.57. The molecule has 116 valence electrons. The number of para-hydroxylation sites is 1. The van der Waals surface area contributed by atoms with Gasteiger partial charge in [-0.1, -0.05) is 39.0 Å². The Morgan fingerprint density at radius 2 is 1.81 bits per heavy atom. The lowest BCUT2D eigenvalue weighted by molar-refractivity contribution is -0.120. The van der Waals surface area contributed by atoms with Crippen molar-refractivity contribution in [3.8, 4) is 0 Å². The third-order valence-electron chi connectivity index (χ3n) is 4.69. The Labute approximate surface area is 129 Å². The summed E-state index contributed by atoms with van der Waals surface area (Å²) in [5, 5.41) is 0.177. The second-order valence-corrected chi connectivity index (χ2v) is 12.1. The van der Waals surface area contributed by atoms with Gasteiger partial charge < -0.3 is 9.33 Å². The minimum atomic E-state index is -1.84. The topological polar surface area (TPSA) is 29.5 Å². The second-order valence-electron chi connectivity index (χ2n) is 7.37. The number of Topliss-reactive ketones (excluding diaryl/α,β-unsaturated/α-hetero) is 1. The summed E-state index contributed by atoms with van der Waals surface area (Å²) >= 11 is 0. The van der Waals surface area contributed by atoms with Gasteiger partial charge in [-0.2, -0.15) is 0 Å². The van der Waals surface area contributed by atoms with E-state index in [4.69, 9.17) is 4.43 Å². The number of nitrogens with zero attached hydrogens (tertiary/aromatic N) is 1. The lowest BCUT2D eigenvalue weighted by Crippen LogP contribution is -2.53. The molecule has 0 bridgehead atoms. The number of hydrogen-bond donors (Lipinski definition) is 0. The van der Waals surface area contributed by atoms with E-state index >= 15 is 0 Å². The predicted octanol–water partition coefficient (Wildman–Crippen LogP) is 4.20. The van der Waals surface area contributed by atoms with Gasteiger partial charge in [-0.05, 0) is 36.7 Å². The van der Waals surface area contributed by atoms with Gasteiger partial charge in [-0.25, -0.2) is 0 Å². The Hall–Kier alpha value is -1.13. The molecular formula is C17H27NO2Si. The van der Waals surface area contributed by atoms with Gasteiger partial charge in [0.15, 0.2) is 14.1 Å². The minimum Gasteiger partial charge on any atom is -0.397 e. The average Bonchev–Trinajstić information content (AvgIpc) is 2.40. The van der Waals surface area contributed by atoms with E-state index in [-0.39, 0.29) is 11.3 Å². The van der Waals surface area contributed by atoms with Gasteiger partial charge in [0.1, 0.15) is 6.23 Å². The first kappa shape index (κ1) is 16.2. The first-order valence-electron chi connectivity index (χ1n) is 7.72. The van der Waals surface area contributed by atoms with Crippen molar-refractivity contribution < 1.29 is 9.22 Å². The molecule has 1 saturated heterocycles. The van der Waals surface area contributed by atoms with Gasteiger partial charge >= 0.3 is 0 Å². The molecule has 0 saturated carbocycles. The van der Waals surface area contributed by atoms with Crippen LogP contribution in [-0.2, 0) is 9.22 Å². The number of hydrogen-bond acceptors (Lipinski definition) is 3. The van der Waals surface area contributed by atoms with Crippen LogP contribution in [0.5, 0.6) is 0 Å². The van der Waals surface area contributed by atoms with Crippen molar-refractivity contribution in [2.45, 2.75) is 58.0 Å². The molecule has 4 heteroatoms. The van der Waals surface area contributed by atoms with Crippen LogP contribution >= 0.6 is 0 Å². The summed E-state index contributed by atoms with van der Waals surface area (Å²) in [6.45, 7) is 11.8. The Balaban J connectivity index is 2.22. The summed E-state index contributed by atoms with van der Waals surface area (Å²) in [4.78, 5) is 14.0. The number of carbonyl (C=O) groups excluding carboxylic acids is 1. The lowest BCUT2D eigenvalue weighted by Gasteiger charge is -2.44. The molecule has 0 amide bonds. The van der Waals surface area contributed by atoms with Crippen LogP contribution in [0, 0.1) is 0 Å². The van der Waals surface area contributed by atoms with Crippen LogP contribution in [0.15, 0.2) is 30.3 Å². The van der Waals surface area contributed by atoms with Crippen LogP contribution in [-0.4, -0.2) is 26.9 Å². The molecule has 0 spiro atoms. The Kier molecular flexibility index (Phi) is 4.59. The van der Waals surface area contributed by atoms with Crippen molar-refractivity contribution in [3.05, 3.63) is 30.3 Å². The van der Waals surface area contributed by atoms with E-state index in [0.717, 1.165) is 12.1 Å². The molecule has 1 aliphatic rings. The van der Waals surface area contributed by atoms with Gasteiger partial charge in [0.05, 0.1) is 6.54 Å². The molecule has 1 fully saturated rings. The van der Waals surface area contributed by atoms with Crippen LogP contribution in [0.4, 0.5) is 5.69 Å². The maximum Gasteiger partial charge on any atom is 0.194 e. The van der Waals surface area contributed by atoms with E-state index < -0.39 is 8.32 Å². The summed E-state index contributed by atoms with van der Waals surface area (Å²) in [6, 6.07) is 10.1. The molecule has 1 heterocycles. The number of ketones is 1. The third kappa shape index (κ3) is 3.74. The molecule has 1 atom stereocenters. The van der Waals surface area contributed by atoms with Crippen molar-refractivity contribution in [1.29, 1.82) is 0 Å². The zero-order valence-electron chi connectivity index (χ0n) is 13.8. The molecule has 1 aromatic rings. The van der Waals surface area contributed by atoms with Crippen LogP contribution < -0.4 is 4.90 Å². The van der Waals surface area contributed by atoms with Crippen molar-refractivity contribution in [2.24, 2.45) is 0 Å². The Morgan fingerprint density at radius 3 is 2.38 bits per heavy atom. The summed E-state index contributed by atoms with van der Waals surface area (Å²) in [7, 11) is -1.84. The summed E-state index contributed by atoms with van der Waals surface area (Å²) in [5.74, 6) is 0.300. The van der Waals surface area contributed by atoms with E-state index in [2.05, 4.69) is 50.9 Å². The molecule has 1 aromatic carbocycles. The largest absolute Gasteiger partial charge is 0.397 e. The SMILES string of the molecule is CC(C)(C)[Si](C)(C)OC1CCC(=O)CN1c1ccccc1. The van der Waals surface area contributed by atoms with E-state index in [1.54, 1.807) is 0 Å². The van der Waals surface area contributed by atoms with Gasteiger partial charge in [0, 0.05) is 12.1 Å². The fourth-order valence-corrected chi connectivity index (χ4v) is 3.61. The molecule has 0 aliphatic carbocycles. The van der Waals surface area contributed by atoms with Crippen molar-refractivity contribution >= 4 is 19.8 Å². The highest BCUT2D eigenvalue weighted by Gasteiger charge is 2.41. The van der Waals surface area contributed by atoms with Crippen molar-refractivity contribution in [3.63, 3.8) is 0 Å². The molecule has 2 rings (SSSR count). The number of rotatable bonds is 3. The van der Waals surface area contributed by atoms with E-state index in [9.17, 15) is 4.79 Å². The smallest absolute Gasteiger partial charge is 0.194 e. The van der Waals surface area contributed by atoms with Crippen molar-refractivity contribution in [1.82, 2.24) is 0 Å². The molecule has 1 aliphatic heterocycles. The Bertz CT molecular complexity index is 493. The normalized spacial score (nSPS) is 20.7. The fourth-order valence-electron chi connectivity index (χ4n) is 2.33. The van der Waals surface area contributed by atoms with Gasteiger partial charge in [0.25, 0.3) is 0 Å². The number of carbonyl (C=O) groups is 1. The van der Waals surface area contributed by atoms with E-state index in [1.807, 2.05) is 18.2 Å². The number of benzene rings is 1. The number of piperidine rings is 1. The molecule has 0 radical (unpaired) electrons. The third-order valence-corrected chi connectivity index (χ3v) is 9.16. The average molecular weight is 305 g/mol. The van der Waals surface area contributed by atoms with Gasteiger partial charge in [0.2, 0.25) is 0 Å². The van der Waals surface area contributed by atoms with Crippen LogP contribution in [0.3, 0.4) is 0 Å². The zero-order valence-corrected chi connectivity index (χ0v) is 14.8. The van der Waals surface area contributed by atoms with E-state index in [0.29, 0.717) is 18.7 Å². The Morgan fingerprint density at radius 1 is 1.19 bits per heavy atom. The second kappa shape index (κ2) is 5.93. The first-order valence-corrected chi connectivity index (χ1v) is 10.6. The lowest BCUT2D eigenvalue weighted by atomic mass is 10.1. The first-order chi connectivity index (χ1) is 9.71. The highest BCUT2D eigenvalue weighted by molar-refractivity contribution is 6.74. The molecule has 0 N–H and O–H groups in total. The van der Waals surface area contributed by atoms with Crippen LogP contribution in [0.2, 0.25) is 18.1 Å². The van der Waals surface area contributed by atoms with E-state index in [1.165, 1.54) is 0 Å². The minimum absolute atomic E-state index is 0.0194. The molecule has 21 heavy (non-hydrogen) atoms. The molecular weight excluding hydrogens is 278 g/mol. The molecule has 1 unspecified atom stereocenters. The fraction of sp³-hybridized carbons (Fsp3) is 0.588. The highest BCUT2D eigenvalue weighted by atomic mass is 28.4. The quantitative estimate of drug-likeness (QED) is 0.784. The molecule has 0 aromatic heterocycles. The van der Waals surface area contributed by atoms with Crippen LogP contribution in [0.1, 0.15) is 33.6 Å². The zero-order chi connectivity index (χ0) is 15.7. The summed E-state index contributed by atoms with van der Waals surface area (Å²) in [5.41, 5.74) is 1.08. The maximum absolute atomic E-state index is 11.9. The highest BCUT2D eigenvalue weighted by Crippen LogP contribution is 2.39.